The highest BCUT2D eigenvalue weighted by Gasteiger charge is 2.19. The fraction of sp³-hybridized carbons (Fsp3) is 0.250. The zero-order chi connectivity index (χ0) is 9.68. The summed E-state index contributed by atoms with van der Waals surface area (Å²) in [6, 6.07) is 5.79. The van der Waals surface area contributed by atoms with Crippen LogP contribution in [-0.2, 0) is 4.65 Å². The third-order valence-corrected chi connectivity index (χ3v) is 1.54. The molecule has 0 heterocycles. The van der Waals surface area contributed by atoms with Crippen molar-refractivity contribution in [2.75, 3.05) is 13.2 Å². The largest absolute Gasteiger partial charge is 0.494 e. The first-order valence-electron chi connectivity index (χ1n) is 3.90. The van der Waals surface area contributed by atoms with Gasteiger partial charge in [-0.2, -0.15) is 0 Å². The number of aliphatic hydroxyl groups excluding tert-OH is 1. The van der Waals surface area contributed by atoms with Gasteiger partial charge in [-0.3, -0.25) is 0 Å². The second-order valence-corrected chi connectivity index (χ2v) is 2.47. The lowest BCUT2D eigenvalue weighted by Crippen LogP contribution is -2.36. The summed E-state index contributed by atoms with van der Waals surface area (Å²) < 4.78 is 17.7. The van der Waals surface area contributed by atoms with Gasteiger partial charge in [0.1, 0.15) is 5.82 Å². The van der Waals surface area contributed by atoms with Gasteiger partial charge in [0.05, 0.1) is 13.2 Å². The van der Waals surface area contributed by atoms with Gasteiger partial charge >= 0.3 is 7.12 Å². The van der Waals surface area contributed by atoms with Crippen molar-refractivity contribution in [3.63, 3.8) is 0 Å². The predicted molar refractivity (Wildman–Crippen MR) is 47.0 cm³/mol. The van der Waals surface area contributed by atoms with E-state index in [1.54, 1.807) is 6.07 Å². The highest BCUT2D eigenvalue weighted by molar-refractivity contribution is 6.60. The molecule has 0 aliphatic rings. The molecule has 0 unspecified atom stereocenters. The first kappa shape index (κ1) is 10.2. The topological polar surface area (TPSA) is 49.7 Å². The van der Waals surface area contributed by atoms with Crippen molar-refractivity contribution >= 4 is 12.6 Å². The van der Waals surface area contributed by atoms with Crippen molar-refractivity contribution in [1.29, 1.82) is 0 Å². The Hall–Kier alpha value is -0.905. The van der Waals surface area contributed by atoms with Gasteiger partial charge in [-0.25, -0.2) is 4.39 Å². The number of aliphatic hydroxyl groups is 1. The summed E-state index contributed by atoms with van der Waals surface area (Å²) in [4.78, 5) is 0. The Bertz CT molecular complexity index is 269. The monoisotopic (exact) mass is 184 g/mol. The minimum absolute atomic E-state index is 0.0184. The fourth-order valence-electron chi connectivity index (χ4n) is 0.929. The van der Waals surface area contributed by atoms with Crippen molar-refractivity contribution in [2.45, 2.75) is 0 Å². The van der Waals surface area contributed by atoms with E-state index < -0.39 is 12.9 Å². The van der Waals surface area contributed by atoms with E-state index in [4.69, 9.17) is 9.76 Å². The summed E-state index contributed by atoms with van der Waals surface area (Å²) in [6.45, 7) is -0.221. The van der Waals surface area contributed by atoms with E-state index >= 15 is 0 Å². The molecular formula is C8H10BFO3. The molecule has 13 heavy (non-hydrogen) atoms. The SMILES string of the molecule is OCCOB(O)c1ccccc1F. The molecule has 0 radical (unpaired) electrons. The lowest BCUT2D eigenvalue weighted by molar-refractivity contribution is 0.183. The van der Waals surface area contributed by atoms with Crippen molar-refractivity contribution in [3.05, 3.63) is 30.1 Å². The summed E-state index contributed by atoms with van der Waals surface area (Å²) in [5, 5.41) is 17.7. The van der Waals surface area contributed by atoms with Gasteiger partial charge in [0.15, 0.2) is 0 Å². The maximum absolute atomic E-state index is 13.0. The van der Waals surface area contributed by atoms with Gasteiger partial charge < -0.3 is 14.8 Å². The van der Waals surface area contributed by atoms with Crippen LogP contribution in [0.25, 0.3) is 0 Å². The van der Waals surface area contributed by atoms with Crippen LogP contribution in [0.4, 0.5) is 4.39 Å². The molecule has 0 atom stereocenters. The lowest BCUT2D eigenvalue weighted by Gasteiger charge is -2.07. The minimum atomic E-state index is -1.31. The van der Waals surface area contributed by atoms with E-state index in [1.165, 1.54) is 18.2 Å². The zero-order valence-corrected chi connectivity index (χ0v) is 6.98. The van der Waals surface area contributed by atoms with Crippen LogP contribution in [0.5, 0.6) is 0 Å². The molecule has 0 spiro atoms. The molecule has 0 aromatic heterocycles. The van der Waals surface area contributed by atoms with E-state index in [2.05, 4.69) is 0 Å². The van der Waals surface area contributed by atoms with Crippen LogP contribution < -0.4 is 5.46 Å². The Balaban J connectivity index is 2.65. The Morgan fingerprint density at radius 1 is 1.38 bits per heavy atom. The molecule has 1 aromatic rings. The zero-order valence-electron chi connectivity index (χ0n) is 6.98. The average molecular weight is 184 g/mol. The molecule has 5 heteroatoms. The smallest absolute Gasteiger partial charge is 0.423 e. The Kier molecular flexibility index (Phi) is 3.88. The molecule has 2 N–H and O–H groups in total. The van der Waals surface area contributed by atoms with Gasteiger partial charge in [-0.05, 0) is 6.07 Å². The van der Waals surface area contributed by atoms with Crippen LogP contribution in [-0.4, -0.2) is 30.5 Å². The quantitative estimate of drug-likeness (QED) is 0.621. The fourth-order valence-corrected chi connectivity index (χ4v) is 0.929. The third-order valence-electron chi connectivity index (χ3n) is 1.54. The molecule has 0 aliphatic heterocycles. The Labute approximate surface area is 75.9 Å². The maximum atomic E-state index is 13.0. The van der Waals surface area contributed by atoms with Crippen molar-refractivity contribution in [1.82, 2.24) is 0 Å². The van der Waals surface area contributed by atoms with Crippen LogP contribution in [0, 0.1) is 5.82 Å². The van der Waals surface area contributed by atoms with Gasteiger partial charge in [-0.1, -0.05) is 18.2 Å². The molecule has 70 valence electrons. The Morgan fingerprint density at radius 2 is 2.08 bits per heavy atom. The van der Waals surface area contributed by atoms with Gasteiger partial charge in [0.2, 0.25) is 0 Å². The van der Waals surface area contributed by atoms with Crippen LogP contribution in [0.15, 0.2) is 24.3 Å². The second kappa shape index (κ2) is 4.96. The highest BCUT2D eigenvalue weighted by Crippen LogP contribution is 1.95. The highest BCUT2D eigenvalue weighted by atomic mass is 19.1. The summed E-state index contributed by atoms with van der Waals surface area (Å²) in [7, 11) is -1.31. The second-order valence-electron chi connectivity index (χ2n) is 2.47. The molecule has 3 nitrogen and oxygen atoms in total. The maximum Gasteiger partial charge on any atom is 0.494 e. The molecular weight excluding hydrogens is 174 g/mol. The predicted octanol–water partition coefficient (Wildman–Crippen LogP) is -0.478. The van der Waals surface area contributed by atoms with Gasteiger partial charge in [-0.15, -0.1) is 0 Å². The molecule has 0 fully saturated rings. The third kappa shape index (κ3) is 2.80. The van der Waals surface area contributed by atoms with Crippen LogP contribution in [0.3, 0.4) is 0 Å². The number of hydrogen-bond donors (Lipinski definition) is 2. The first-order chi connectivity index (χ1) is 6.25. The van der Waals surface area contributed by atoms with Crippen LogP contribution in [0.2, 0.25) is 0 Å². The minimum Gasteiger partial charge on any atom is -0.423 e. The number of rotatable bonds is 4. The molecule has 0 aliphatic carbocycles. The molecule has 0 bridgehead atoms. The summed E-state index contributed by atoms with van der Waals surface area (Å²) in [5.74, 6) is -0.520. The van der Waals surface area contributed by atoms with Crippen molar-refractivity contribution < 1.29 is 19.2 Å². The molecule has 1 aromatic carbocycles. The molecule has 1 rings (SSSR count). The molecule has 0 saturated heterocycles. The van der Waals surface area contributed by atoms with E-state index in [1.807, 2.05) is 0 Å². The summed E-state index contributed by atoms with van der Waals surface area (Å²) in [5.41, 5.74) is 0.0796. The Morgan fingerprint density at radius 3 is 2.69 bits per heavy atom. The number of benzene rings is 1. The normalized spacial score (nSPS) is 10.1. The standard InChI is InChI=1S/C8H10BFO3/c10-8-4-2-1-3-7(8)9(12)13-6-5-11/h1-4,11-12H,5-6H2. The van der Waals surface area contributed by atoms with Gasteiger partial charge in [0.25, 0.3) is 0 Å². The summed E-state index contributed by atoms with van der Waals surface area (Å²) in [6.07, 6.45) is 0. The first-order valence-corrected chi connectivity index (χ1v) is 3.90. The number of hydrogen-bond acceptors (Lipinski definition) is 3. The number of halogens is 1. The summed E-state index contributed by atoms with van der Waals surface area (Å²) >= 11 is 0. The average Bonchev–Trinajstić information content (AvgIpc) is 2.15. The van der Waals surface area contributed by atoms with E-state index in [9.17, 15) is 9.41 Å². The van der Waals surface area contributed by atoms with E-state index in [0.717, 1.165) is 0 Å². The van der Waals surface area contributed by atoms with Crippen molar-refractivity contribution in [3.8, 4) is 0 Å². The van der Waals surface area contributed by atoms with Crippen molar-refractivity contribution in [2.24, 2.45) is 0 Å². The van der Waals surface area contributed by atoms with E-state index in [0.29, 0.717) is 0 Å². The lowest BCUT2D eigenvalue weighted by atomic mass is 9.79. The van der Waals surface area contributed by atoms with E-state index in [-0.39, 0.29) is 18.7 Å². The molecule has 0 saturated carbocycles. The van der Waals surface area contributed by atoms with Crippen LogP contribution >= 0.6 is 0 Å². The van der Waals surface area contributed by atoms with Crippen LogP contribution in [0.1, 0.15) is 0 Å². The molecule has 0 amide bonds. The van der Waals surface area contributed by atoms with Gasteiger partial charge in [0, 0.05) is 5.46 Å².